The molecule has 0 bridgehead atoms. The topological polar surface area (TPSA) is 48.0 Å². The number of esters is 1. The summed E-state index contributed by atoms with van der Waals surface area (Å²) < 4.78 is 17.3. The molecule has 1 aromatic carbocycles. The molecule has 0 fully saturated rings. The van der Waals surface area contributed by atoms with Crippen LogP contribution in [-0.4, -0.2) is 43.8 Å². The average Bonchev–Trinajstić information content (AvgIpc) is 2.80. The molecule has 3 aliphatic rings. The highest BCUT2D eigenvalue weighted by Gasteiger charge is 2.53. The van der Waals surface area contributed by atoms with Crippen molar-refractivity contribution in [3.8, 4) is 11.5 Å². The molecule has 0 radical (unpaired) electrons. The van der Waals surface area contributed by atoms with Crippen LogP contribution in [0.1, 0.15) is 30.9 Å². The number of nitrogens with zero attached hydrogens (tertiary/aromatic N) is 1. The van der Waals surface area contributed by atoms with Crippen LogP contribution in [0.5, 0.6) is 11.5 Å². The van der Waals surface area contributed by atoms with Crippen molar-refractivity contribution in [3.05, 3.63) is 35.4 Å². The van der Waals surface area contributed by atoms with E-state index in [1.165, 1.54) is 18.1 Å². The molecule has 5 nitrogen and oxygen atoms in total. The van der Waals surface area contributed by atoms with Crippen LogP contribution in [0, 0.1) is 0 Å². The van der Waals surface area contributed by atoms with Gasteiger partial charge in [-0.15, -0.1) is 0 Å². The monoisotopic (exact) mass is 329 g/mol. The van der Waals surface area contributed by atoms with E-state index in [1.54, 1.807) is 7.11 Å². The van der Waals surface area contributed by atoms with E-state index < -0.39 is 0 Å². The molecule has 1 unspecified atom stereocenters. The number of methoxy groups -OCH3 is 1. The Bertz CT molecular complexity index is 714. The third kappa shape index (κ3) is 2.22. The van der Waals surface area contributed by atoms with Gasteiger partial charge >= 0.3 is 5.97 Å². The molecule has 0 aromatic heterocycles. The molecular weight excluding hydrogens is 306 g/mol. The van der Waals surface area contributed by atoms with Crippen molar-refractivity contribution >= 4 is 5.97 Å². The molecule has 2 aliphatic heterocycles. The number of hydrogen-bond acceptors (Lipinski definition) is 5. The molecular formula is C19H23NO4. The highest BCUT2D eigenvalue weighted by molar-refractivity contribution is 5.66. The number of carbonyl (C=O) groups excluding carboxylic acids is 1. The van der Waals surface area contributed by atoms with Crippen LogP contribution >= 0.6 is 0 Å². The van der Waals surface area contributed by atoms with E-state index >= 15 is 0 Å². The zero-order valence-corrected chi connectivity index (χ0v) is 14.4. The van der Waals surface area contributed by atoms with Crippen molar-refractivity contribution in [3.63, 3.8) is 0 Å². The highest BCUT2D eigenvalue weighted by atomic mass is 16.5. The zero-order chi connectivity index (χ0) is 16.9. The van der Waals surface area contributed by atoms with Crippen LogP contribution in [0.15, 0.2) is 24.3 Å². The number of carbonyl (C=O) groups is 1. The van der Waals surface area contributed by atoms with Gasteiger partial charge in [0.15, 0.2) is 11.5 Å². The van der Waals surface area contributed by atoms with Gasteiger partial charge in [-0.1, -0.05) is 12.1 Å². The Morgan fingerprint density at radius 3 is 3.00 bits per heavy atom. The molecule has 0 N–H and O–H groups in total. The molecule has 5 heteroatoms. The first kappa shape index (κ1) is 15.5. The van der Waals surface area contributed by atoms with E-state index in [0.717, 1.165) is 31.0 Å². The standard InChI is InChI=1S/C19H23NO4/c1-12(21)23-14-6-7-19-8-9-20(2)11-13-4-5-15(22-3)18(17(13)19)24-16(19)10-14/h4-7,14,16H,8-11H2,1-3H3/t14-,16-,19?/m0/s1. The minimum absolute atomic E-state index is 0.0246. The summed E-state index contributed by atoms with van der Waals surface area (Å²) in [5.41, 5.74) is 2.40. The molecule has 4 rings (SSSR count). The fourth-order valence-electron chi connectivity index (χ4n) is 4.37. The van der Waals surface area contributed by atoms with Crippen LogP contribution in [-0.2, 0) is 21.5 Å². The second-order valence-electron chi connectivity index (χ2n) is 7.01. The average molecular weight is 329 g/mol. The van der Waals surface area contributed by atoms with Gasteiger partial charge < -0.3 is 19.1 Å². The van der Waals surface area contributed by atoms with Gasteiger partial charge in [0, 0.05) is 25.5 Å². The first-order chi connectivity index (χ1) is 11.5. The summed E-state index contributed by atoms with van der Waals surface area (Å²) in [5.74, 6) is 1.39. The summed E-state index contributed by atoms with van der Waals surface area (Å²) in [5, 5.41) is 0. The molecule has 1 spiro atoms. The predicted molar refractivity (Wildman–Crippen MR) is 89.4 cm³/mol. The summed E-state index contributed by atoms with van der Waals surface area (Å²) in [7, 11) is 3.83. The molecule has 0 saturated heterocycles. The molecule has 1 aromatic rings. The van der Waals surface area contributed by atoms with Crippen LogP contribution in [0.2, 0.25) is 0 Å². The Morgan fingerprint density at radius 2 is 2.25 bits per heavy atom. The number of rotatable bonds is 2. The first-order valence-corrected chi connectivity index (χ1v) is 8.45. The Morgan fingerprint density at radius 1 is 1.42 bits per heavy atom. The quantitative estimate of drug-likeness (QED) is 0.616. The van der Waals surface area contributed by atoms with Crippen molar-refractivity contribution < 1.29 is 19.0 Å². The van der Waals surface area contributed by atoms with Crippen LogP contribution in [0.25, 0.3) is 0 Å². The third-order valence-electron chi connectivity index (χ3n) is 5.45. The summed E-state index contributed by atoms with van der Waals surface area (Å²) in [4.78, 5) is 13.7. The van der Waals surface area contributed by atoms with Gasteiger partial charge in [0.25, 0.3) is 0 Å². The smallest absolute Gasteiger partial charge is 0.303 e. The maximum atomic E-state index is 11.3. The van der Waals surface area contributed by atoms with E-state index in [9.17, 15) is 4.79 Å². The first-order valence-electron chi connectivity index (χ1n) is 8.45. The number of hydrogen-bond donors (Lipinski definition) is 0. The Hall–Kier alpha value is -2.01. The van der Waals surface area contributed by atoms with Crippen LogP contribution < -0.4 is 9.47 Å². The van der Waals surface area contributed by atoms with Gasteiger partial charge in [-0.05, 0) is 37.7 Å². The lowest BCUT2D eigenvalue weighted by Gasteiger charge is -2.36. The minimum atomic E-state index is -0.255. The summed E-state index contributed by atoms with van der Waals surface area (Å²) in [6.45, 7) is 3.36. The largest absolute Gasteiger partial charge is 0.493 e. The maximum absolute atomic E-state index is 11.3. The van der Waals surface area contributed by atoms with Gasteiger partial charge in [0.1, 0.15) is 12.2 Å². The van der Waals surface area contributed by atoms with E-state index in [1.807, 2.05) is 12.1 Å². The lowest BCUT2D eigenvalue weighted by atomic mass is 9.69. The number of benzene rings is 1. The normalized spacial score (nSPS) is 30.8. The van der Waals surface area contributed by atoms with Crippen molar-refractivity contribution in [2.75, 3.05) is 20.7 Å². The lowest BCUT2D eigenvalue weighted by molar-refractivity contribution is -0.145. The van der Waals surface area contributed by atoms with Crippen molar-refractivity contribution in [2.24, 2.45) is 0 Å². The van der Waals surface area contributed by atoms with E-state index in [-0.39, 0.29) is 23.6 Å². The SMILES string of the molecule is COc1ccc2c3c1O[C@H]1C[C@@H](OC(C)=O)C=CC31CCN(C)C2. The van der Waals surface area contributed by atoms with Gasteiger partial charge in [-0.25, -0.2) is 0 Å². The second kappa shape index (κ2) is 5.52. The van der Waals surface area contributed by atoms with E-state index in [4.69, 9.17) is 14.2 Å². The maximum Gasteiger partial charge on any atom is 0.303 e. The summed E-state index contributed by atoms with van der Waals surface area (Å²) in [6, 6.07) is 4.14. The van der Waals surface area contributed by atoms with Crippen molar-refractivity contribution in [2.45, 2.75) is 43.9 Å². The third-order valence-corrected chi connectivity index (χ3v) is 5.45. The van der Waals surface area contributed by atoms with Crippen LogP contribution in [0.4, 0.5) is 0 Å². The Labute approximate surface area is 142 Å². The van der Waals surface area contributed by atoms with Gasteiger partial charge in [0.05, 0.1) is 12.5 Å². The molecule has 128 valence electrons. The summed E-state index contributed by atoms with van der Waals surface area (Å²) in [6.07, 6.45) is 5.67. The zero-order valence-electron chi connectivity index (χ0n) is 14.4. The summed E-state index contributed by atoms with van der Waals surface area (Å²) >= 11 is 0. The molecule has 1 aliphatic carbocycles. The fraction of sp³-hybridized carbons (Fsp3) is 0.526. The van der Waals surface area contributed by atoms with Crippen molar-refractivity contribution in [1.29, 1.82) is 0 Å². The van der Waals surface area contributed by atoms with E-state index in [2.05, 4.69) is 24.1 Å². The van der Waals surface area contributed by atoms with Crippen LogP contribution in [0.3, 0.4) is 0 Å². The van der Waals surface area contributed by atoms with Gasteiger partial charge in [-0.3, -0.25) is 4.79 Å². The predicted octanol–water partition coefficient (Wildman–Crippen LogP) is 2.42. The molecule has 3 atom stereocenters. The fourth-order valence-corrected chi connectivity index (χ4v) is 4.37. The van der Waals surface area contributed by atoms with E-state index in [0.29, 0.717) is 6.42 Å². The molecule has 0 amide bonds. The molecule has 0 saturated carbocycles. The Balaban J connectivity index is 1.82. The van der Waals surface area contributed by atoms with Gasteiger partial charge in [-0.2, -0.15) is 0 Å². The molecule has 24 heavy (non-hydrogen) atoms. The van der Waals surface area contributed by atoms with Gasteiger partial charge in [0.2, 0.25) is 0 Å². The number of ether oxygens (including phenoxy) is 3. The Kier molecular flexibility index (Phi) is 3.57. The minimum Gasteiger partial charge on any atom is -0.493 e. The lowest BCUT2D eigenvalue weighted by Crippen LogP contribution is -2.43. The van der Waals surface area contributed by atoms with Crippen molar-refractivity contribution in [1.82, 2.24) is 4.90 Å². The highest BCUT2D eigenvalue weighted by Crippen LogP contribution is 2.55. The second-order valence-corrected chi connectivity index (χ2v) is 7.01. The molecule has 2 heterocycles.